The maximum absolute atomic E-state index is 5.91. The van der Waals surface area contributed by atoms with Crippen LogP contribution in [0.5, 0.6) is 0 Å². The maximum Gasteiger partial charge on any atom is 0.142 e. The fraction of sp³-hybridized carbons (Fsp3) is 0.467. The summed E-state index contributed by atoms with van der Waals surface area (Å²) in [5.74, 6) is 0. The first-order valence-corrected chi connectivity index (χ1v) is 8.12. The number of rotatable bonds is 4. The molecule has 3 heterocycles. The lowest BCUT2D eigenvalue weighted by atomic mass is 10.1. The summed E-state index contributed by atoms with van der Waals surface area (Å²) in [6.07, 6.45) is 1.81. The molecule has 0 radical (unpaired) electrons. The number of likely N-dealkylation sites (N-methyl/N-ethyl adjacent to an activating group) is 1. The van der Waals surface area contributed by atoms with Crippen LogP contribution in [0.2, 0.25) is 0 Å². The molecule has 0 aliphatic carbocycles. The van der Waals surface area contributed by atoms with E-state index in [9.17, 15) is 0 Å². The summed E-state index contributed by atoms with van der Waals surface area (Å²) in [6, 6.07) is 6.34. The summed E-state index contributed by atoms with van der Waals surface area (Å²) in [5.41, 5.74) is 7.97. The van der Waals surface area contributed by atoms with Crippen molar-refractivity contribution in [2.75, 3.05) is 33.2 Å². The Morgan fingerprint density at radius 1 is 1.38 bits per heavy atom. The van der Waals surface area contributed by atoms with Gasteiger partial charge in [0.1, 0.15) is 5.01 Å². The Hall–Kier alpha value is -1.34. The number of thiazole rings is 1. The first-order valence-electron chi connectivity index (χ1n) is 7.24. The van der Waals surface area contributed by atoms with Gasteiger partial charge in [-0.1, -0.05) is 6.07 Å². The highest BCUT2D eigenvalue weighted by molar-refractivity contribution is 7.13. The zero-order valence-corrected chi connectivity index (χ0v) is 13.1. The maximum atomic E-state index is 5.91. The average molecular weight is 303 g/mol. The van der Waals surface area contributed by atoms with E-state index in [1.807, 2.05) is 18.2 Å². The standard InChI is InChI=1S/C15H21N5S/c1-19-6-7-20(13(8-16)10-19)9-12-11-21-15(18-12)14-4-2-3-5-17-14/h2-5,11,13H,6-10,16H2,1H3. The molecule has 1 saturated heterocycles. The lowest BCUT2D eigenvalue weighted by Crippen LogP contribution is -2.54. The predicted molar refractivity (Wildman–Crippen MR) is 86.1 cm³/mol. The van der Waals surface area contributed by atoms with Gasteiger partial charge in [-0.05, 0) is 19.2 Å². The zero-order valence-electron chi connectivity index (χ0n) is 12.3. The molecule has 21 heavy (non-hydrogen) atoms. The average Bonchev–Trinajstić information content (AvgIpc) is 2.98. The number of piperazine rings is 1. The van der Waals surface area contributed by atoms with Crippen molar-refractivity contribution < 1.29 is 0 Å². The molecular weight excluding hydrogens is 282 g/mol. The minimum absolute atomic E-state index is 0.420. The summed E-state index contributed by atoms with van der Waals surface area (Å²) < 4.78 is 0. The molecule has 1 fully saturated rings. The number of hydrogen-bond donors (Lipinski definition) is 1. The number of nitrogens with two attached hydrogens (primary N) is 1. The summed E-state index contributed by atoms with van der Waals surface area (Å²) in [7, 11) is 2.15. The van der Waals surface area contributed by atoms with E-state index >= 15 is 0 Å². The van der Waals surface area contributed by atoms with Crippen LogP contribution in [0.1, 0.15) is 5.69 Å². The minimum atomic E-state index is 0.420. The topological polar surface area (TPSA) is 58.3 Å². The number of aromatic nitrogens is 2. The SMILES string of the molecule is CN1CCN(Cc2csc(-c3ccccn3)n2)C(CN)C1. The van der Waals surface area contributed by atoms with Crippen molar-refractivity contribution in [2.24, 2.45) is 5.73 Å². The molecule has 1 aliphatic rings. The van der Waals surface area contributed by atoms with E-state index < -0.39 is 0 Å². The molecule has 5 nitrogen and oxygen atoms in total. The fourth-order valence-corrected chi connectivity index (χ4v) is 3.46. The van der Waals surface area contributed by atoms with Gasteiger partial charge in [-0.2, -0.15) is 0 Å². The molecule has 2 N–H and O–H groups in total. The zero-order chi connectivity index (χ0) is 14.7. The van der Waals surface area contributed by atoms with Crippen molar-refractivity contribution in [3.8, 4) is 10.7 Å². The molecule has 1 atom stereocenters. The molecule has 2 aromatic heterocycles. The van der Waals surface area contributed by atoms with Gasteiger partial charge >= 0.3 is 0 Å². The largest absolute Gasteiger partial charge is 0.329 e. The highest BCUT2D eigenvalue weighted by Crippen LogP contribution is 2.22. The molecule has 0 bridgehead atoms. The Balaban J connectivity index is 1.69. The number of nitrogens with zero attached hydrogens (tertiary/aromatic N) is 4. The third-order valence-corrected chi connectivity index (χ3v) is 4.79. The first kappa shape index (κ1) is 14.6. The molecule has 0 amide bonds. The number of hydrogen-bond acceptors (Lipinski definition) is 6. The number of pyridine rings is 1. The Kier molecular flexibility index (Phi) is 4.60. The molecule has 3 rings (SSSR count). The van der Waals surface area contributed by atoms with Crippen molar-refractivity contribution >= 4 is 11.3 Å². The Labute approximate surface area is 129 Å². The van der Waals surface area contributed by atoms with Gasteiger partial charge in [-0.25, -0.2) is 4.98 Å². The second-order valence-electron chi connectivity index (χ2n) is 5.48. The van der Waals surface area contributed by atoms with E-state index in [0.717, 1.165) is 42.6 Å². The lowest BCUT2D eigenvalue weighted by Gasteiger charge is -2.39. The third kappa shape index (κ3) is 3.47. The molecule has 0 saturated carbocycles. The van der Waals surface area contributed by atoms with Gasteiger partial charge in [-0.15, -0.1) is 11.3 Å². The van der Waals surface area contributed by atoms with Crippen molar-refractivity contribution in [1.82, 2.24) is 19.8 Å². The highest BCUT2D eigenvalue weighted by Gasteiger charge is 2.24. The summed E-state index contributed by atoms with van der Waals surface area (Å²) in [4.78, 5) is 13.9. The molecule has 1 unspecified atom stereocenters. The summed E-state index contributed by atoms with van der Waals surface area (Å²) in [5, 5.41) is 3.12. The van der Waals surface area contributed by atoms with Gasteiger partial charge < -0.3 is 10.6 Å². The van der Waals surface area contributed by atoms with E-state index in [0.29, 0.717) is 12.6 Å². The quantitative estimate of drug-likeness (QED) is 0.922. The molecule has 2 aromatic rings. The van der Waals surface area contributed by atoms with Crippen LogP contribution in [0, 0.1) is 0 Å². The van der Waals surface area contributed by atoms with E-state index in [4.69, 9.17) is 10.7 Å². The molecular formula is C15H21N5S. The predicted octanol–water partition coefficient (Wildman–Crippen LogP) is 1.28. The minimum Gasteiger partial charge on any atom is -0.329 e. The van der Waals surface area contributed by atoms with Crippen molar-refractivity contribution in [1.29, 1.82) is 0 Å². The molecule has 0 aromatic carbocycles. The summed E-state index contributed by atoms with van der Waals surface area (Å²) >= 11 is 1.66. The molecule has 1 aliphatic heterocycles. The van der Waals surface area contributed by atoms with Crippen LogP contribution in [-0.4, -0.2) is 59.0 Å². The Morgan fingerprint density at radius 3 is 3.05 bits per heavy atom. The fourth-order valence-electron chi connectivity index (χ4n) is 2.67. The Bertz CT molecular complexity index is 570. The highest BCUT2D eigenvalue weighted by atomic mass is 32.1. The van der Waals surface area contributed by atoms with Crippen molar-refractivity contribution in [3.63, 3.8) is 0 Å². The second-order valence-corrected chi connectivity index (χ2v) is 6.34. The van der Waals surface area contributed by atoms with Crippen molar-refractivity contribution in [3.05, 3.63) is 35.5 Å². The Morgan fingerprint density at radius 2 is 2.29 bits per heavy atom. The van der Waals surface area contributed by atoms with Crippen LogP contribution in [-0.2, 0) is 6.54 Å². The molecule has 112 valence electrons. The monoisotopic (exact) mass is 303 g/mol. The normalized spacial score (nSPS) is 20.8. The van der Waals surface area contributed by atoms with Gasteiger partial charge in [0.25, 0.3) is 0 Å². The first-order chi connectivity index (χ1) is 10.3. The van der Waals surface area contributed by atoms with E-state index in [-0.39, 0.29) is 0 Å². The summed E-state index contributed by atoms with van der Waals surface area (Å²) in [6.45, 7) is 4.75. The van der Waals surface area contributed by atoms with Gasteiger partial charge in [0, 0.05) is 50.3 Å². The van der Waals surface area contributed by atoms with Gasteiger partial charge in [0.2, 0.25) is 0 Å². The van der Waals surface area contributed by atoms with Crippen LogP contribution >= 0.6 is 11.3 Å². The van der Waals surface area contributed by atoms with Gasteiger partial charge in [-0.3, -0.25) is 9.88 Å². The van der Waals surface area contributed by atoms with Crippen LogP contribution in [0.25, 0.3) is 10.7 Å². The van der Waals surface area contributed by atoms with Gasteiger partial charge in [0.05, 0.1) is 11.4 Å². The smallest absolute Gasteiger partial charge is 0.142 e. The van der Waals surface area contributed by atoms with E-state index in [1.165, 1.54) is 0 Å². The molecule has 0 spiro atoms. The van der Waals surface area contributed by atoms with E-state index in [1.54, 1.807) is 17.5 Å². The van der Waals surface area contributed by atoms with Crippen LogP contribution < -0.4 is 5.73 Å². The van der Waals surface area contributed by atoms with Crippen LogP contribution in [0.15, 0.2) is 29.8 Å². The van der Waals surface area contributed by atoms with Crippen LogP contribution in [0.3, 0.4) is 0 Å². The lowest BCUT2D eigenvalue weighted by molar-refractivity contribution is 0.0872. The second kappa shape index (κ2) is 6.62. The van der Waals surface area contributed by atoms with E-state index in [2.05, 4.69) is 27.2 Å². The third-order valence-electron chi connectivity index (χ3n) is 3.88. The van der Waals surface area contributed by atoms with Gasteiger partial charge in [0.15, 0.2) is 0 Å². The molecule has 6 heteroatoms. The van der Waals surface area contributed by atoms with Crippen LogP contribution in [0.4, 0.5) is 0 Å². The van der Waals surface area contributed by atoms with Crippen molar-refractivity contribution in [2.45, 2.75) is 12.6 Å².